The Morgan fingerprint density at radius 1 is 1.57 bits per heavy atom. The van der Waals surface area contributed by atoms with E-state index in [4.69, 9.17) is 14.2 Å². The van der Waals surface area contributed by atoms with Crippen molar-refractivity contribution in [3.05, 3.63) is 0 Å². The molecule has 0 amide bonds. The van der Waals surface area contributed by atoms with Crippen LogP contribution < -0.4 is 0 Å². The number of hydrogen-bond donors (Lipinski definition) is 0. The molecule has 2 aliphatic heterocycles. The van der Waals surface area contributed by atoms with Crippen LogP contribution in [0, 0.1) is 11.8 Å². The van der Waals surface area contributed by atoms with Crippen LogP contribution in [0.3, 0.4) is 0 Å². The van der Waals surface area contributed by atoms with E-state index in [0.717, 1.165) is 19.4 Å². The van der Waals surface area contributed by atoms with Crippen molar-refractivity contribution in [2.75, 3.05) is 19.8 Å². The first-order chi connectivity index (χ1) is 6.75. The molecule has 3 unspecified atom stereocenters. The fourth-order valence-electron chi connectivity index (χ4n) is 1.76. The van der Waals surface area contributed by atoms with Crippen molar-refractivity contribution < 1.29 is 19.0 Å². The van der Waals surface area contributed by atoms with E-state index in [9.17, 15) is 4.79 Å². The minimum absolute atomic E-state index is 0.0745. The van der Waals surface area contributed by atoms with Gasteiger partial charge in [0.15, 0.2) is 6.29 Å². The molecule has 0 aliphatic carbocycles. The van der Waals surface area contributed by atoms with Crippen LogP contribution >= 0.6 is 0 Å². The maximum absolute atomic E-state index is 11.1. The molecule has 2 heterocycles. The third kappa shape index (κ3) is 2.25. The topological polar surface area (TPSA) is 44.8 Å². The molecular weight excluding hydrogens is 184 g/mol. The van der Waals surface area contributed by atoms with Crippen LogP contribution in [0.25, 0.3) is 0 Å². The van der Waals surface area contributed by atoms with E-state index in [2.05, 4.69) is 6.92 Å². The molecule has 0 aromatic carbocycles. The van der Waals surface area contributed by atoms with E-state index >= 15 is 0 Å². The Morgan fingerprint density at radius 3 is 3.00 bits per heavy atom. The quantitative estimate of drug-likeness (QED) is 0.636. The van der Waals surface area contributed by atoms with Gasteiger partial charge in [-0.1, -0.05) is 6.92 Å². The van der Waals surface area contributed by atoms with Crippen LogP contribution in [0.2, 0.25) is 0 Å². The number of esters is 1. The molecule has 4 nitrogen and oxygen atoms in total. The van der Waals surface area contributed by atoms with Crippen LogP contribution in [0.5, 0.6) is 0 Å². The summed E-state index contributed by atoms with van der Waals surface area (Å²) in [5, 5.41) is 0. The molecule has 0 radical (unpaired) electrons. The van der Waals surface area contributed by atoms with E-state index in [1.807, 2.05) is 0 Å². The molecule has 14 heavy (non-hydrogen) atoms. The molecule has 80 valence electrons. The van der Waals surface area contributed by atoms with Gasteiger partial charge in [0.25, 0.3) is 0 Å². The fourth-order valence-corrected chi connectivity index (χ4v) is 1.76. The zero-order valence-corrected chi connectivity index (χ0v) is 8.40. The number of ether oxygens (including phenoxy) is 3. The largest absolute Gasteiger partial charge is 0.465 e. The number of hydrogen-bond acceptors (Lipinski definition) is 4. The molecule has 0 bridgehead atoms. The van der Waals surface area contributed by atoms with Gasteiger partial charge in [-0.25, -0.2) is 0 Å². The van der Waals surface area contributed by atoms with Crippen molar-refractivity contribution in [2.45, 2.75) is 26.1 Å². The average molecular weight is 200 g/mol. The van der Waals surface area contributed by atoms with Crippen molar-refractivity contribution in [1.82, 2.24) is 0 Å². The highest BCUT2D eigenvalue weighted by Crippen LogP contribution is 2.22. The van der Waals surface area contributed by atoms with E-state index in [-0.39, 0.29) is 18.2 Å². The van der Waals surface area contributed by atoms with Crippen molar-refractivity contribution in [3.63, 3.8) is 0 Å². The summed E-state index contributed by atoms with van der Waals surface area (Å²) in [6.07, 6.45) is 1.60. The second kappa shape index (κ2) is 4.28. The predicted octanol–water partition coefficient (Wildman–Crippen LogP) is 0.949. The molecule has 4 heteroatoms. The Bertz CT molecular complexity index is 216. The Hall–Kier alpha value is -0.610. The molecule has 3 atom stereocenters. The summed E-state index contributed by atoms with van der Waals surface area (Å²) in [6, 6.07) is 0. The van der Waals surface area contributed by atoms with Crippen LogP contribution in [0.4, 0.5) is 0 Å². The van der Waals surface area contributed by atoms with Gasteiger partial charge < -0.3 is 14.2 Å². The smallest absolute Gasteiger partial charge is 0.311 e. The zero-order chi connectivity index (χ0) is 9.97. The summed E-state index contributed by atoms with van der Waals surface area (Å²) in [6.45, 7) is 3.87. The molecule has 0 spiro atoms. The molecule has 0 N–H and O–H groups in total. The average Bonchev–Trinajstić information content (AvgIpc) is 2.72. The molecule has 2 rings (SSSR count). The Labute approximate surface area is 83.5 Å². The number of rotatable bonds is 3. The van der Waals surface area contributed by atoms with Gasteiger partial charge in [-0.05, 0) is 12.3 Å². The number of carbonyl (C=O) groups excluding carboxylic acids is 1. The first kappa shape index (κ1) is 9.93. The second-order valence-electron chi connectivity index (χ2n) is 4.09. The highest BCUT2D eigenvalue weighted by atomic mass is 16.7. The molecule has 2 fully saturated rings. The molecular formula is C10H16O4. The third-order valence-corrected chi connectivity index (χ3v) is 2.69. The third-order valence-electron chi connectivity index (χ3n) is 2.69. The summed E-state index contributed by atoms with van der Waals surface area (Å²) in [5.41, 5.74) is 0. The van der Waals surface area contributed by atoms with Crippen molar-refractivity contribution >= 4 is 5.97 Å². The van der Waals surface area contributed by atoms with E-state index in [0.29, 0.717) is 19.1 Å². The summed E-state index contributed by atoms with van der Waals surface area (Å²) in [5.74, 6) is 0.362. The number of carbonyl (C=O) groups is 1. The highest BCUT2D eigenvalue weighted by Gasteiger charge is 2.29. The Kier molecular flexibility index (Phi) is 3.03. The van der Waals surface area contributed by atoms with Crippen molar-refractivity contribution in [3.8, 4) is 0 Å². The van der Waals surface area contributed by atoms with Gasteiger partial charge in [-0.3, -0.25) is 4.79 Å². The zero-order valence-electron chi connectivity index (χ0n) is 8.40. The SMILES string of the molecule is CC1COC(OCC2CCOC2=O)C1. The monoisotopic (exact) mass is 200 g/mol. The molecule has 2 saturated heterocycles. The first-order valence-corrected chi connectivity index (χ1v) is 5.15. The lowest BCUT2D eigenvalue weighted by Gasteiger charge is -2.12. The Morgan fingerprint density at radius 2 is 2.43 bits per heavy atom. The molecule has 0 aromatic heterocycles. The first-order valence-electron chi connectivity index (χ1n) is 5.15. The molecule has 2 aliphatic rings. The van der Waals surface area contributed by atoms with Crippen LogP contribution in [-0.4, -0.2) is 32.1 Å². The van der Waals surface area contributed by atoms with Crippen molar-refractivity contribution in [2.24, 2.45) is 11.8 Å². The normalized spacial score (nSPS) is 37.5. The minimum Gasteiger partial charge on any atom is -0.465 e. The maximum atomic E-state index is 11.1. The molecule has 0 aromatic rings. The second-order valence-corrected chi connectivity index (χ2v) is 4.09. The van der Waals surface area contributed by atoms with Gasteiger partial charge in [-0.15, -0.1) is 0 Å². The van der Waals surface area contributed by atoms with Gasteiger partial charge >= 0.3 is 5.97 Å². The van der Waals surface area contributed by atoms with E-state index in [1.54, 1.807) is 0 Å². The lowest BCUT2D eigenvalue weighted by atomic mass is 10.1. The van der Waals surface area contributed by atoms with Crippen LogP contribution in [0.1, 0.15) is 19.8 Å². The van der Waals surface area contributed by atoms with Gasteiger partial charge in [0.05, 0.1) is 25.7 Å². The summed E-state index contributed by atoms with van der Waals surface area (Å²) >= 11 is 0. The van der Waals surface area contributed by atoms with Gasteiger partial charge in [-0.2, -0.15) is 0 Å². The molecule has 0 saturated carbocycles. The standard InChI is InChI=1S/C10H16O4/c1-7-4-9(13-5-7)14-6-8-2-3-12-10(8)11/h7-9H,2-6H2,1H3. The number of cyclic esters (lactones) is 1. The van der Waals surface area contributed by atoms with E-state index < -0.39 is 0 Å². The van der Waals surface area contributed by atoms with Gasteiger partial charge in [0.1, 0.15) is 0 Å². The van der Waals surface area contributed by atoms with Gasteiger partial charge in [0.2, 0.25) is 0 Å². The van der Waals surface area contributed by atoms with Gasteiger partial charge in [0, 0.05) is 6.42 Å². The lowest BCUT2D eigenvalue weighted by Crippen LogP contribution is -2.20. The highest BCUT2D eigenvalue weighted by molar-refractivity contribution is 5.74. The van der Waals surface area contributed by atoms with Crippen molar-refractivity contribution in [1.29, 1.82) is 0 Å². The Balaban J connectivity index is 1.69. The predicted molar refractivity (Wildman–Crippen MR) is 48.5 cm³/mol. The van der Waals surface area contributed by atoms with Crippen LogP contribution in [-0.2, 0) is 19.0 Å². The summed E-state index contributed by atoms with van der Waals surface area (Å²) in [7, 11) is 0. The van der Waals surface area contributed by atoms with E-state index in [1.165, 1.54) is 0 Å². The van der Waals surface area contributed by atoms with Crippen LogP contribution in [0.15, 0.2) is 0 Å². The minimum atomic E-state index is -0.129. The summed E-state index contributed by atoms with van der Waals surface area (Å²) in [4.78, 5) is 11.1. The fraction of sp³-hybridized carbons (Fsp3) is 0.900. The summed E-state index contributed by atoms with van der Waals surface area (Å²) < 4.78 is 15.7. The lowest BCUT2D eigenvalue weighted by molar-refractivity contribution is -0.149. The maximum Gasteiger partial charge on any atom is 0.311 e.